The highest BCUT2D eigenvalue weighted by molar-refractivity contribution is 5.75. The number of alkyl halides is 1. The Morgan fingerprint density at radius 3 is 2.22 bits per heavy atom. The standard InChI is InChI=1S/C78H70F6N2O/c1-3-47-29-33-51(34-30-47)77(49-17-7-5-8-18-49)61-25-13-11-21-55(61)57-39-37-53(41-63(57)77)85(73-45-67(81)65(79)43-69(73)83)71-27-15-23-59-60-24-16-28-72(76(60)87-75(59)71)86(74-46-68(82)66(80)44-70(74)84)54-38-40-58-56-22-12-14-26-62(56)78(64(58)42-54,50-19-9-6-10-20-50)52-35-31-48(4-2)32-36-52/h3-13,15-17,19,21-25,27,29,31,33-35,37-41,44-47,49-50,54-55,57,60-61,63,69,72,76H,1-2,14,18,20,26,28,30,32,36,42-43H2. The van der Waals surface area contributed by atoms with E-state index in [9.17, 15) is 0 Å². The van der Waals surface area contributed by atoms with Crippen LogP contribution >= 0.6 is 0 Å². The molecule has 15 rings (SSSR count). The molecular formula is C78H70F6N2O. The van der Waals surface area contributed by atoms with Crippen molar-refractivity contribution >= 4 is 11.4 Å². The van der Waals surface area contributed by atoms with Gasteiger partial charge in [-0.2, -0.15) is 0 Å². The van der Waals surface area contributed by atoms with E-state index in [1.54, 1.807) is 4.90 Å². The van der Waals surface area contributed by atoms with Crippen molar-refractivity contribution in [2.24, 2.45) is 52.3 Å². The van der Waals surface area contributed by atoms with Gasteiger partial charge in [-0.05, 0) is 151 Å². The molecule has 87 heavy (non-hydrogen) atoms. The van der Waals surface area contributed by atoms with Crippen molar-refractivity contribution in [3.63, 3.8) is 0 Å². The molecule has 1 heterocycles. The lowest BCUT2D eigenvalue weighted by atomic mass is 9.55. The number of benzene rings is 2. The monoisotopic (exact) mass is 1160 g/mol. The van der Waals surface area contributed by atoms with Crippen LogP contribution in [-0.2, 0) is 0 Å². The maximum absolute atomic E-state index is 17.3. The molecule has 0 amide bonds. The molecule has 2 aromatic carbocycles. The molecular weight excluding hydrogens is 1090 g/mol. The van der Waals surface area contributed by atoms with Crippen LogP contribution in [0, 0.1) is 69.7 Å². The van der Waals surface area contributed by atoms with Gasteiger partial charge in [-0.15, -0.1) is 6.58 Å². The molecule has 1 saturated carbocycles. The van der Waals surface area contributed by atoms with Crippen molar-refractivity contribution in [1.82, 2.24) is 0 Å². The van der Waals surface area contributed by atoms with Gasteiger partial charge in [-0.25, -0.2) is 26.3 Å². The molecule has 0 bridgehead atoms. The zero-order chi connectivity index (χ0) is 59.3. The van der Waals surface area contributed by atoms with Gasteiger partial charge in [0, 0.05) is 46.6 Å². The molecule has 14 unspecified atom stereocenters. The van der Waals surface area contributed by atoms with Crippen molar-refractivity contribution in [3.05, 3.63) is 305 Å². The van der Waals surface area contributed by atoms with Gasteiger partial charge < -0.3 is 14.5 Å². The van der Waals surface area contributed by atoms with E-state index in [-0.39, 0.29) is 52.8 Å². The van der Waals surface area contributed by atoms with Crippen LogP contribution in [-0.4, -0.2) is 24.4 Å². The molecule has 0 N–H and O–H groups in total. The van der Waals surface area contributed by atoms with Gasteiger partial charge in [0.25, 0.3) is 0 Å². The van der Waals surface area contributed by atoms with Crippen LogP contribution in [0.4, 0.5) is 37.7 Å². The van der Waals surface area contributed by atoms with Gasteiger partial charge in [-0.1, -0.05) is 188 Å². The van der Waals surface area contributed by atoms with Crippen LogP contribution < -0.4 is 14.5 Å². The fraction of sp³-hybridized carbons (Fsp3) is 0.308. The molecule has 0 radical (unpaired) electrons. The smallest absolute Gasteiger partial charge is 0.161 e. The summed E-state index contributed by atoms with van der Waals surface area (Å²) in [5.41, 5.74) is 9.51. The Morgan fingerprint density at radius 2 is 1.45 bits per heavy atom. The van der Waals surface area contributed by atoms with Gasteiger partial charge in [0.05, 0.1) is 29.2 Å². The van der Waals surface area contributed by atoms with Crippen molar-refractivity contribution in [2.45, 2.75) is 94.5 Å². The molecule has 2 aromatic rings. The SMILES string of the molecule is C=CC1=CC=C(C2(C3C=CC=CC3)C3=C(C=CCC3)C3=C2CC(N(c2cc(F)c(F)cc2F)C2CC=CC4c5cccc(N(C6=CC7C(C=C6)C6C=CC=CC6C7(C6=CCC(C=C)C=C6)C6C=CC=CC6)C6=CC(F)=C(F)CC6F)c5OC42)C=C3)CC1. The van der Waals surface area contributed by atoms with Gasteiger partial charge in [0.1, 0.15) is 29.7 Å². The van der Waals surface area contributed by atoms with Crippen molar-refractivity contribution in [1.29, 1.82) is 0 Å². The first-order valence-electron chi connectivity index (χ1n) is 31.4. The quantitative estimate of drug-likeness (QED) is 0.120. The summed E-state index contributed by atoms with van der Waals surface area (Å²) in [7, 11) is 0. The number of ether oxygens (including phenoxy) is 1. The summed E-state index contributed by atoms with van der Waals surface area (Å²) in [5.74, 6) is -5.11. The second-order valence-corrected chi connectivity index (χ2v) is 25.6. The lowest BCUT2D eigenvalue weighted by Gasteiger charge is -2.49. The second-order valence-electron chi connectivity index (χ2n) is 25.6. The van der Waals surface area contributed by atoms with E-state index in [4.69, 9.17) is 4.74 Å². The molecule has 12 aliphatic carbocycles. The number of hydrogen-bond acceptors (Lipinski definition) is 3. The molecule has 0 saturated heterocycles. The van der Waals surface area contributed by atoms with Crippen molar-refractivity contribution in [2.75, 3.05) is 9.80 Å². The first-order chi connectivity index (χ1) is 42.5. The summed E-state index contributed by atoms with van der Waals surface area (Å²) in [6, 6.07) is 6.17. The number of halogens is 6. The van der Waals surface area contributed by atoms with Crippen LogP contribution in [0.5, 0.6) is 5.75 Å². The predicted molar refractivity (Wildman–Crippen MR) is 337 cm³/mol. The van der Waals surface area contributed by atoms with E-state index in [0.29, 0.717) is 36.0 Å². The summed E-state index contributed by atoms with van der Waals surface area (Å²) in [4.78, 5) is 3.70. The van der Waals surface area contributed by atoms with Crippen LogP contribution in [0.3, 0.4) is 0 Å². The number of nitrogens with zero attached hydrogens (tertiary/aromatic N) is 2. The number of rotatable bonds is 12. The number of hydrogen-bond donors (Lipinski definition) is 0. The van der Waals surface area contributed by atoms with Gasteiger partial charge in [-0.3, -0.25) is 0 Å². The molecule has 1 aliphatic heterocycles. The lowest BCUT2D eigenvalue weighted by molar-refractivity contribution is 0.161. The minimum atomic E-state index is -1.93. The van der Waals surface area contributed by atoms with E-state index < -0.39 is 76.6 Å². The third-order valence-corrected chi connectivity index (χ3v) is 21.7. The number of anilines is 2. The Morgan fingerprint density at radius 1 is 0.655 bits per heavy atom. The maximum atomic E-state index is 17.3. The Bertz CT molecular complexity index is 3920. The minimum Gasteiger partial charge on any atom is -0.485 e. The highest BCUT2D eigenvalue weighted by Gasteiger charge is 2.62. The average Bonchev–Trinajstić information content (AvgIpc) is 1.61. The summed E-state index contributed by atoms with van der Waals surface area (Å²) in [5, 5.41) is 0. The number of allylic oxidation sites excluding steroid dienone is 35. The Labute approximate surface area is 507 Å². The van der Waals surface area contributed by atoms with E-state index >= 15 is 26.3 Å². The third kappa shape index (κ3) is 8.66. The summed E-state index contributed by atoms with van der Waals surface area (Å²) < 4.78 is 105. The topological polar surface area (TPSA) is 15.7 Å². The third-order valence-electron chi connectivity index (χ3n) is 21.7. The van der Waals surface area contributed by atoms with Crippen LogP contribution in [0.25, 0.3) is 0 Å². The van der Waals surface area contributed by atoms with Gasteiger partial charge >= 0.3 is 0 Å². The van der Waals surface area contributed by atoms with E-state index in [0.717, 1.165) is 68.2 Å². The Kier molecular flexibility index (Phi) is 14.0. The van der Waals surface area contributed by atoms with E-state index in [1.165, 1.54) is 33.4 Å². The minimum absolute atomic E-state index is 0.0439. The lowest BCUT2D eigenvalue weighted by Crippen LogP contribution is -2.53. The van der Waals surface area contributed by atoms with Crippen molar-refractivity contribution in [3.8, 4) is 5.75 Å². The first kappa shape index (κ1) is 55.5. The first-order valence-corrected chi connectivity index (χ1v) is 31.4. The molecule has 0 spiro atoms. The van der Waals surface area contributed by atoms with Crippen LogP contribution in [0.2, 0.25) is 0 Å². The second kappa shape index (κ2) is 22.0. The van der Waals surface area contributed by atoms with E-state index in [2.05, 4.69) is 165 Å². The molecule has 3 nitrogen and oxygen atoms in total. The Balaban J connectivity index is 0.856. The molecule has 440 valence electrons. The summed E-state index contributed by atoms with van der Waals surface area (Å²) in [6.45, 7) is 8.23. The van der Waals surface area contributed by atoms with Crippen molar-refractivity contribution < 1.29 is 31.1 Å². The largest absolute Gasteiger partial charge is 0.485 e. The molecule has 1 fully saturated rings. The highest BCUT2D eigenvalue weighted by atomic mass is 19.2. The molecule has 0 aromatic heterocycles. The summed E-state index contributed by atoms with van der Waals surface area (Å²) >= 11 is 0. The summed E-state index contributed by atoms with van der Waals surface area (Å²) in [6.07, 6.45) is 65.9. The number of fused-ring (bicyclic) bond motifs is 7. The van der Waals surface area contributed by atoms with Gasteiger partial charge in [0.2, 0.25) is 0 Å². The maximum Gasteiger partial charge on any atom is 0.161 e. The average molecular weight is 1170 g/mol. The van der Waals surface area contributed by atoms with Gasteiger partial charge in [0.15, 0.2) is 17.5 Å². The fourth-order valence-electron chi connectivity index (χ4n) is 18.1. The van der Waals surface area contributed by atoms with E-state index in [1.807, 2.05) is 41.3 Å². The Hall–Kier alpha value is -8.04. The normalized spacial score (nSPS) is 34.5. The molecule has 9 heteroatoms. The molecule has 13 aliphatic rings. The van der Waals surface area contributed by atoms with Crippen LogP contribution in [0.15, 0.2) is 282 Å². The molecule has 14 atom stereocenters. The highest BCUT2D eigenvalue weighted by Crippen LogP contribution is 2.68. The zero-order valence-corrected chi connectivity index (χ0v) is 48.6. The predicted octanol–water partition coefficient (Wildman–Crippen LogP) is 19.5. The fourth-order valence-corrected chi connectivity index (χ4v) is 18.1. The van der Waals surface area contributed by atoms with Crippen LogP contribution in [0.1, 0.15) is 75.7 Å². The zero-order valence-electron chi connectivity index (χ0n) is 48.6. The number of para-hydroxylation sites is 1.